The van der Waals surface area contributed by atoms with Crippen molar-refractivity contribution in [3.05, 3.63) is 69.2 Å². The van der Waals surface area contributed by atoms with Crippen molar-refractivity contribution in [2.75, 3.05) is 6.54 Å². The van der Waals surface area contributed by atoms with E-state index in [9.17, 15) is 5.11 Å². The Morgan fingerprint density at radius 3 is 2.58 bits per heavy atom. The molecule has 2 nitrogen and oxygen atoms in total. The van der Waals surface area contributed by atoms with Crippen molar-refractivity contribution in [3.63, 3.8) is 0 Å². The zero-order chi connectivity index (χ0) is 16.5. The molecule has 0 aromatic heterocycles. The molecule has 3 aliphatic rings. The van der Waals surface area contributed by atoms with Crippen LogP contribution in [0.3, 0.4) is 0 Å². The minimum Gasteiger partial charge on any atom is -0.392 e. The minimum absolute atomic E-state index is 0.0893. The van der Waals surface area contributed by atoms with E-state index in [0.29, 0.717) is 6.04 Å². The number of hydrogen-bond donors (Lipinski definition) is 1. The maximum absolute atomic E-state index is 9.34. The lowest BCUT2D eigenvalue weighted by Gasteiger charge is -2.42. The molecule has 126 valence electrons. The Bertz CT molecular complexity index is 730. The maximum Gasteiger partial charge on any atom is 0.0692 e. The molecule has 2 aromatic carbocycles. The zero-order valence-electron chi connectivity index (χ0n) is 13.9. The number of piperidine rings is 1. The zero-order valence-corrected chi connectivity index (χ0v) is 15.5. The van der Waals surface area contributed by atoms with Crippen LogP contribution >= 0.6 is 15.9 Å². The van der Waals surface area contributed by atoms with Crippen molar-refractivity contribution >= 4 is 15.9 Å². The van der Waals surface area contributed by atoms with Crippen LogP contribution in [0.4, 0.5) is 0 Å². The van der Waals surface area contributed by atoms with Crippen LogP contribution in [0.2, 0.25) is 0 Å². The molecule has 1 aliphatic carbocycles. The number of benzene rings is 2. The van der Waals surface area contributed by atoms with Gasteiger partial charge in [-0.3, -0.25) is 4.90 Å². The molecule has 0 spiro atoms. The molecule has 2 aliphatic heterocycles. The van der Waals surface area contributed by atoms with E-state index in [4.69, 9.17) is 0 Å². The lowest BCUT2D eigenvalue weighted by Crippen LogP contribution is -2.46. The summed E-state index contributed by atoms with van der Waals surface area (Å²) in [6.07, 6.45) is 5.09. The van der Waals surface area contributed by atoms with Gasteiger partial charge in [-0.05, 0) is 59.9 Å². The van der Waals surface area contributed by atoms with E-state index in [1.807, 2.05) is 6.07 Å². The van der Waals surface area contributed by atoms with E-state index < -0.39 is 0 Å². The van der Waals surface area contributed by atoms with Gasteiger partial charge in [0.25, 0.3) is 0 Å². The predicted octanol–water partition coefficient (Wildman–Crippen LogP) is 4.32. The van der Waals surface area contributed by atoms with Gasteiger partial charge in [-0.1, -0.05) is 52.3 Å². The highest BCUT2D eigenvalue weighted by atomic mass is 79.9. The molecule has 1 fully saturated rings. The number of aliphatic hydroxyl groups is 1. The van der Waals surface area contributed by atoms with Gasteiger partial charge in [-0.2, -0.15) is 0 Å². The molecular weight excluding hydrogens is 362 g/mol. The monoisotopic (exact) mass is 385 g/mol. The topological polar surface area (TPSA) is 23.5 Å². The first kappa shape index (κ1) is 16.3. The summed E-state index contributed by atoms with van der Waals surface area (Å²) in [6, 6.07) is 16.0. The van der Waals surface area contributed by atoms with E-state index in [-0.39, 0.29) is 6.61 Å². The fraction of sp³-hybridized carbons (Fsp3) is 0.429. The summed E-state index contributed by atoms with van der Waals surface area (Å²) in [6.45, 7) is 2.30. The van der Waals surface area contributed by atoms with E-state index >= 15 is 0 Å². The van der Waals surface area contributed by atoms with E-state index in [0.717, 1.165) is 22.5 Å². The van der Waals surface area contributed by atoms with Crippen LogP contribution < -0.4 is 0 Å². The number of rotatable bonds is 3. The summed E-state index contributed by atoms with van der Waals surface area (Å²) in [5.41, 5.74) is 5.41. The molecule has 2 heterocycles. The Labute approximate surface area is 152 Å². The molecule has 1 saturated heterocycles. The summed E-state index contributed by atoms with van der Waals surface area (Å²) in [5.74, 6) is 0.780. The number of halogens is 1. The fourth-order valence-corrected chi connectivity index (χ4v) is 4.90. The second-order valence-corrected chi connectivity index (χ2v) is 8.14. The first-order valence-electron chi connectivity index (χ1n) is 8.92. The number of fused-ring (bicyclic) bond motifs is 2. The van der Waals surface area contributed by atoms with Gasteiger partial charge in [0.15, 0.2) is 0 Å². The van der Waals surface area contributed by atoms with Crippen LogP contribution in [0.5, 0.6) is 0 Å². The van der Waals surface area contributed by atoms with Gasteiger partial charge in [-0.15, -0.1) is 0 Å². The van der Waals surface area contributed by atoms with Gasteiger partial charge in [0.1, 0.15) is 0 Å². The second-order valence-electron chi connectivity index (χ2n) is 7.29. The Kier molecular flexibility index (Phi) is 4.75. The Morgan fingerprint density at radius 2 is 1.83 bits per heavy atom. The predicted molar refractivity (Wildman–Crippen MR) is 101 cm³/mol. The van der Waals surface area contributed by atoms with Crippen LogP contribution in [-0.4, -0.2) is 22.6 Å². The Hall–Kier alpha value is -1.16. The standard InChI is InChI=1S/C21H24BrNO/c22-21-10-16(5-7-19(21)14-24)13-23-12-15-6-8-20(23)11-18-4-2-1-3-17(18)9-15/h1-5,7,10,15,20,24H,6,8-9,11-14H2/t15-,20+/m1/s1. The molecular formula is C21H24BrNO. The lowest BCUT2D eigenvalue weighted by atomic mass is 9.80. The normalized spacial score (nSPS) is 23.6. The second kappa shape index (κ2) is 6.99. The third-order valence-corrected chi connectivity index (χ3v) is 6.41. The first-order chi connectivity index (χ1) is 11.7. The third kappa shape index (κ3) is 3.30. The molecule has 2 bridgehead atoms. The average molecular weight is 386 g/mol. The van der Waals surface area contributed by atoms with Gasteiger partial charge >= 0.3 is 0 Å². The van der Waals surface area contributed by atoms with Gasteiger partial charge in [-0.25, -0.2) is 0 Å². The third-order valence-electron chi connectivity index (χ3n) is 5.67. The van der Waals surface area contributed by atoms with Crippen LogP contribution in [0, 0.1) is 5.92 Å². The maximum atomic E-state index is 9.34. The highest BCUT2D eigenvalue weighted by Crippen LogP contribution is 2.33. The van der Waals surface area contributed by atoms with Crippen molar-refractivity contribution < 1.29 is 5.11 Å². The van der Waals surface area contributed by atoms with Crippen LogP contribution in [0.1, 0.15) is 35.1 Å². The molecule has 24 heavy (non-hydrogen) atoms. The van der Waals surface area contributed by atoms with E-state index in [1.165, 1.54) is 37.8 Å². The minimum atomic E-state index is 0.0893. The molecule has 5 rings (SSSR count). The van der Waals surface area contributed by atoms with Crippen molar-refractivity contribution in [1.82, 2.24) is 4.90 Å². The molecule has 0 amide bonds. The largest absolute Gasteiger partial charge is 0.392 e. The average Bonchev–Trinajstić information content (AvgIpc) is 2.56. The molecule has 2 aromatic rings. The number of nitrogens with zero attached hydrogens (tertiary/aromatic N) is 1. The fourth-order valence-electron chi connectivity index (χ4n) is 4.35. The molecule has 0 radical (unpaired) electrons. The number of aliphatic hydroxyl groups excluding tert-OH is 1. The first-order valence-corrected chi connectivity index (χ1v) is 9.71. The summed E-state index contributed by atoms with van der Waals surface area (Å²) < 4.78 is 1.02. The highest BCUT2D eigenvalue weighted by molar-refractivity contribution is 9.10. The Morgan fingerprint density at radius 1 is 1.04 bits per heavy atom. The highest BCUT2D eigenvalue weighted by Gasteiger charge is 2.31. The van der Waals surface area contributed by atoms with Crippen LogP contribution in [0.15, 0.2) is 46.9 Å². The van der Waals surface area contributed by atoms with Gasteiger partial charge in [0.2, 0.25) is 0 Å². The quantitative estimate of drug-likeness (QED) is 0.849. The Balaban J connectivity index is 1.56. The van der Waals surface area contributed by atoms with Crippen molar-refractivity contribution in [2.45, 2.75) is 44.9 Å². The van der Waals surface area contributed by atoms with E-state index in [1.54, 1.807) is 11.1 Å². The van der Waals surface area contributed by atoms with Gasteiger partial charge in [0.05, 0.1) is 6.61 Å². The van der Waals surface area contributed by atoms with Crippen molar-refractivity contribution in [3.8, 4) is 0 Å². The van der Waals surface area contributed by atoms with E-state index in [2.05, 4.69) is 57.2 Å². The van der Waals surface area contributed by atoms with Crippen molar-refractivity contribution in [2.24, 2.45) is 5.92 Å². The number of hydrogen-bond acceptors (Lipinski definition) is 2. The van der Waals surface area contributed by atoms with Gasteiger partial charge < -0.3 is 5.11 Å². The molecule has 1 N–H and O–H groups in total. The summed E-state index contributed by atoms with van der Waals surface area (Å²) in [7, 11) is 0. The smallest absolute Gasteiger partial charge is 0.0692 e. The van der Waals surface area contributed by atoms with Gasteiger partial charge in [0, 0.05) is 23.6 Å². The summed E-state index contributed by atoms with van der Waals surface area (Å²) in [4.78, 5) is 2.69. The SMILES string of the molecule is OCc1ccc(CN2C[C@@H]3CC[C@H]2Cc2ccccc2C3)cc1Br. The molecule has 2 atom stereocenters. The summed E-state index contributed by atoms with van der Waals surface area (Å²) >= 11 is 3.58. The molecule has 0 unspecified atom stereocenters. The van der Waals surface area contributed by atoms with Crippen LogP contribution in [-0.2, 0) is 26.0 Å². The summed E-state index contributed by atoms with van der Waals surface area (Å²) in [5, 5.41) is 9.34. The molecule has 0 saturated carbocycles. The lowest BCUT2D eigenvalue weighted by molar-refractivity contribution is 0.0938. The van der Waals surface area contributed by atoms with Crippen LogP contribution in [0.25, 0.3) is 0 Å². The molecule has 3 heteroatoms. The van der Waals surface area contributed by atoms with Crippen molar-refractivity contribution in [1.29, 1.82) is 0 Å².